The van der Waals surface area contributed by atoms with Gasteiger partial charge in [-0.25, -0.2) is 18.6 Å². The maximum absolute atomic E-state index is 14.4. The molecule has 4 rings (SSSR count). The van der Waals surface area contributed by atoms with Crippen LogP contribution in [0.4, 0.5) is 19.3 Å². The van der Waals surface area contributed by atoms with E-state index in [1.54, 1.807) is 32.9 Å². The van der Waals surface area contributed by atoms with Crippen molar-refractivity contribution in [1.82, 2.24) is 19.8 Å². The lowest BCUT2D eigenvalue weighted by atomic mass is 10.1. The smallest absolute Gasteiger partial charge is 0.412 e. The van der Waals surface area contributed by atoms with E-state index in [1.165, 1.54) is 29.1 Å². The molecule has 0 bridgehead atoms. The van der Waals surface area contributed by atoms with Crippen molar-refractivity contribution >= 4 is 46.2 Å². The summed E-state index contributed by atoms with van der Waals surface area (Å²) in [5.74, 6) is -1.83. The number of halogens is 3. The topological polar surface area (TPSA) is 129 Å². The molecule has 0 aliphatic carbocycles. The van der Waals surface area contributed by atoms with Crippen molar-refractivity contribution in [3.05, 3.63) is 58.6 Å². The predicted octanol–water partition coefficient (Wildman–Crippen LogP) is 4.30. The van der Waals surface area contributed by atoms with Gasteiger partial charge in [-0.3, -0.25) is 14.9 Å². The summed E-state index contributed by atoms with van der Waals surface area (Å²) in [6.45, 7) is 4.36. The quantitative estimate of drug-likeness (QED) is 0.453. The van der Waals surface area contributed by atoms with Crippen molar-refractivity contribution in [3.63, 3.8) is 0 Å². The van der Waals surface area contributed by atoms with Crippen molar-refractivity contribution in [2.24, 2.45) is 0 Å². The highest BCUT2D eigenvalue weighted by molar-refractivity contribution is 6.30. The second kappa shape index (κ2) is 11.5. The van der Waals surface area contributed by atoms with E-state index in [2.05, 4.69) is 15.6 Å². The number of alkyl halides is 1. The second-order valence-electron chi connectivity index (χ2n) is 10.3. The first-order valence-electron chi connectivity index (χ1n) is 12.4. The monoisotopic (exact) mass is 572 g/mol. The molecule has 0 unspecified atom stereocenters. The van der Waals surface area contributed by atoms with Crippen molar-refractivity contribution in [1.29, 1.82) is 5.26 Å². The van der Waals surface area contributed by atoms with Gasteiger partial charge in [-0.1, -0.05) is 23.7 Å². The van der Waals surface area contributed by atoms with E-state index < -0.39 is 41.5 Å². The summed E-state index contributed by atoms with van der Waals surface area (Å²) in [4.78, 5) is 43.9. The lowest BCUT2D eigenvalue weighted by molar-refractivity contribution is -0.139. The normalized spacial score (nSPS) is 17.0. The molecule has 210 valence electrons. The van der Waals surface area contributed by atoms with E-state index in [1.807, 2.05) is 6.07 Å². The lowest BCUT2D eigenvalue weighted by Gasteiger charge is -2.24. The van der Waals surface area contributed by atoms with E-state index >= 15 is 0 Å². The van der Waals surface area contributed by atoms with Crippen LogP contribution in [0.15, 0.2) is 36.7 Å². The number of nitriles is 1. The third-order valence-corrected chi connectivity index (χ3v) is 6.49. The van der Waals surface area contributed by atoms with Crippen LogP contribution in [0.2, 0.25) is 5.02 Å². The maximum atomic E-state index is 14.4. The summed E-state index contributed by atoms with van der Waals surface area (Å²) in [6, 6.07) is 6.84. The molecule has 2 N–H and O–H groups in total. The Kier molecular flexibility index (Phi) is 8.25. The Morgan fingerprint density at radius 1 is 1.27 bits per heavy atom. The van der Waals surface area contributed by atoms with Gasteiger partial charge in [0.25, 0.3) is 0 Å². The minimum absolute atomic E-state index is 0.0906. The van der Waals surface area contributed by atoms with Crippen molar-refractivity contribution in [2.45, 2.75) is 58.1 Å². The van der Waals surface area contributed by atoms with Crippen molar-refractivity contribution < 1.29 is 27.9 Å². The van der Waals surface area contributed by atoms with E-state index in [0.29, 0.717) is 5.39 Å². The number of carbonyl (C=O) groups is 3. The fourth-order valence-electron chi connectivity index (χ4n) is 4.42. The first-order chi connectivity index (χ1) is 18.9. The van der Waals surface area contributed by atoms with Gasteiger partial charge in [0.15, 0.2) is 0 Å². The Balaban J connectivity index is 1.51. The van der Waals surface area contributed by atoms with E-state index in [4.69, 9.17) is 16.3 Å². The van der Waals surface area contributed by atoms with Gasteiger partial charge in [0, 0.05) is 36.3 Å². The number of aromatic nitrogens is 2. The molecule has 1 fully saturated rings. The van der Waals surface area contributed by atoms with E-state index in [-0.39, 0.29) is 53.5 Å². The third kappa shape index (κ3) is 6.31. The highest BCUT2D eigenvalue weighted by Crippen LogP contribution is 2.28. The number of nitrogens with one attached hydrogen (secondary N) is 2. The third-order valence-electron chi connectivity index (χ3n) is 6.20. The molecular formula is C27H27ClF2N6O4. The number of anilines is 1. The van der Waals surface area contributed by atoms with Gasteiger partial charge in [-0.2, -0.15) is 5.26 Å². The average molecular weight is 573 g/mol. The summed E-state index contributed by atoms with van der Waals surface area (Å²) in [7, 11) is 0. The molecule has 0 radical (unpaired) electrons. The fraction of sp³-hybridized carbons (Fsp3) is 0.370. The lowest BCUT2D eigenvalue weighted by Crippen LogP contribution is -2.46. The molecule has 40 heavy (non-hydrogen) atoms. The van der Waals surface area contributed by atoms with Crippen LogP contribution in [0, 0.1) is 17.1 Å². The van der Waals surface area contributed by atoms with Crippen LogP contribution in [0.25, 0.3) is 11.0 Å². The molecule has 3 aromatic rings. The number of pyridine rings is 1. The number of carbonyl (C=O) groups excluding carboxylic acids is 3. The number of amides is 3. The molecule has 13 heteroatoms. The first-order valence-corrected chi connectivity index (χ1v) is 12.8. The number of likely N-dealkylation sites (tertiary alicyclic amines) is 1. The Hall–Kier alpha value is -4.24. The van der Waals surface area contributed by atoms with Gasteiger partial charge in [-0.05, 0) is 32.9 Å². The summed E-state index contributed by atoms with van der Waals surface area (Å²) >= 11 is 5.79. The van der Waals surface area contributed by atoms with E-state index in [0.717, 1.165) is 4.90 Å². The molecular weight excluding hydrogens is 546 g/mol. The molecule has 2 aromatic heterocycles. The number of rotatable bonds is 6. The van der Waals surface area contributed by atoms with Crippen LogP contribution in [-0.2, 0) is 27.4 Å². The van der Waals surface area contributed by atoms with Crippen LogP contribution in [-0.4, -0.2) is 56.7 Å². The Bertz CT molecular complexity index is 1510. The highest BCUT2D eigenvalue weighted by Gasteiger charge is 2.39. The number of hydrogen-bond acceptors (Lipinski definition) is 6. The van der Waals surface area contributed by atoms with Gasteiger partial charge >= 0.3 is 6.09 Å². The number of nitrogens with zero attached hydrogens (tertiary/aromatic N) is 4. The zero-order valence-corrected chi connectivity index (χ0v) is 22.8. The van der Waals surface area contributed by atoms with Crippen LogP contribution in [0.3, 0.4) is 0 Å². The van der Waals surface area contributed by atoms with Crippen LogP contribution < -0.4 is 10.6 Å². The zero-order chi connectivity index (χ0) is 29.2. The van der Waals surface area contributed by atoms with Crippen LogP contribution in [0.5, 0.6) is 0 Å². The molecule has 1 saturated heterocycles. The largest absolute Gasteiger partial charge is 0.444 e. The van der Waals surface area contributed by atoms with E-state index in [9.17, 15) is 28.4 Å². The molecule has 1 aliphatic rings. The Morgan fingerprint density at radius 3 is 2.73 bits per heavy atom. The van der Waals surface area contributed by atoms with Gasteiger partial charge < -0.3 is 19.5 Å². The van der Waals surface area contributed by atoms with Gasteiger partial charge in [0.2, 0.25) is 11.8 Å². The summed E-state index contributed by atoms with van der Waals surface area (Å²) in [5.41, 5.74) is -0.0624. The predicted molar refractivity (Wildman–Crippen MR) is 143 cm³/mol. The standard InChI is InChI=1S/C27H27ClF2N6O4/c1-27(2,3)40-26(39)34-23-16(10-31)12-32-24-18(23)7-8-35(24)14-21(37)36-13-17(29)9-20(36)25(38)33-11-15-5-4-6-19(28)22(15)30/h4-8,12,17,20H,9,11,13-14H2,1-3H3,(H,33,38)(H,32,34,39)/t17-,20+/m1/s1. The molecule has 1 aliphatic heterocycles. The Labute approximate surface area is 233 Å². The zero-order valence-electron chi connectivity index (χ0n) is 22.0. The van der Waals surface area contributed by atoms with Gasteiger partial charge in [0.05, 0.1) is 22.8 Å². The molecule has 0 saturated carbocycles. The van der Waals surface area contributed by atoms with Gasteiger partial charge in [0.1, 0.15) is 41.9 Å². The SMILES string of the molecule is CC(C)(C)OC(=O)Nc1c(C#N)cnc2c1ccn2CC(=O)N1C[C@H](F)C[C@H]1C(=O)NCc1cccc(Cl)c1F. The van der Waals surface area contributed by atoms with Crippen molar-refractivity contribution in [2.75, 3.05) is 11.9 Å². The van der Waals surface area contributed by atoms with Crippen molar-refractivity contribution in [3.8, 4) is 6.07 Å². The average Bonchev–Trinajstić information content (AvgIpc) is 3.47. The molecule has 1 aromatic carbocycles. The summed E-state index contributed by atoms with van der Waals surface area (Å²) in [5, 5.41) is 15.0. The highest BCUT2D eigenvalue weighted by atomic mass is 35.5. The maximum Gasteiger partial charge on any atom is 0.412 e. The molecule has 0 spiro atoms. The number of fused-ring (bicyclic) bond motifs is 1. The Morgan fingerprint density at radius 2 is 2.02 bits per heavy atom. The first kappa shape index (κ1) is 28.8. The van der Waals surface area contributed by atoms with Crippen LogP contribution >= 0.6 is 11.6 Å². The molecule has 3 amide bonds. The fourth-order valence-corrected chi connectivity index (χ4v) is 4.62. The minimum Gasteiger partial charge on any atom is -0.444 e. The minimum atomic E-state index is -1.41. The number of hydrogen-bond donors (Lipinski definition) is 2. The van der Waals surface area contributed by atoms with Crippen LogP contribution in [0.1, 0.15) is 38.3 Å². The molecule has 2 atom stereocenters. The molecule has 3 heterocycles. The summed E-state index contributed by atoms with van der Waals surface area (Å²) < 4.78 is 35.3. The molecule has 10 nitrogen and oxygen atoms in total. The number of benzene rings is 1. The summed E-state index contributed by atoms with van der Waals surface area (Å²) in [6.07, 6.45) is 0.421. The number of ether oxygens (including phenoxy) is 1. The second-order valence-corrected chi connectivity index (χ2v) is 10.7. The van der Waals surface area contributed by atoms with Gasteiger partial charge in [-0.15, -0.1) is 0 Å².